The van der Waals surface area contributed by atoms with Crippen molar-refractivity contribution in [2.24, 2.45) is 7.05 Å². The summed E-state index contributed by atoms with van der Waals surface area (Å²) < 4.78 is 8.52. The maximum atomic E-state index is 12.5. The zero-order chi connectivity index (χ0) is 22.8. The number of nitrogens with one attached hydrogen (secondary N) is 1. The molecule has 9 heteroatoms. The van der Waals surface area contributed by atoms with Crippen LogP contribution in [0.25, 0.3) is 21.3 Å². The molecule has 0 aliphatic heterocycles. The van der Waals surface area contributed by atoms with Gasteiger partial charge in [0.05, 0.1) is 27.9 Å². The second kappa shape index (κ2) is 8.96. The summed E-state index contributed by atoms with van der Waals surface area (Å²) in [4.78, 5) is 35.1. The van der Waals surface area contributed by atoms with Gasteiger partial charge in [-0.1, -0.05) is 11.3 Å². The normalized spacial score (nSPS) is 11.1. The molecule has 0 unspecified atom stereocenters. The molecule has 0 saturated carbocycles. The number of anilines is 2. The smallest absolute Gasteiger partial charge is 0.222 e. The number of amides is 1. The van der Waals surface area contributed by atoms with E-state index in [9.17, 15) is 9.59 Å². The highest BCUT2D eigenvalue weighted by molar-refractivity contribution is 7.22. The van der Waals surface area contributed by atoms with Crippen LogP contribution in [0, 0.1) is 0 Å². The van der Waals surface area contributed by atoms with Crippen molar-refractivity contribution >= 4 is 55.4 Å². The second-order valence-corrected chi connectivity index (χ2v) is 8.65. The number of carbonyl (C=O) groups excluding carboxylic acids is 2. The van der Waals surface area contributed by atoms with Gasteiger partial charge in [0.1, 0.15) is 5.75 Å². The van der Waals surface area contributed by atoms with Gasteiger partial charge in [-0.25, -0.2) is 9.97 Å². The van der Waals surface area contributed by atoms with Crippen LogP contribution in [0.15, 0.2) is 36.4 Å². The largest absolute Gasteiger partial charge is 0.494 e. The lowest BCUT2D eigenvalue weighted by Crippen LogP contribution is -2.22. The molecule has 4 aromatic rings. The fourth-order valence-electron chi connectivity index (χ4n) is 3.38. The van der Waals surface area contributed by atoms with Crippen LogP contribution in [0.1, 0.15) is 30.1 Å². The summed E-state index contributed by atoms with van der Waals surface area (Å²) in [7, 11) is 5.28. The Balaban J connectivity index is 1.55. The number of nitrogens with zero attached hydrogens (tertiary/aromatic N) is 4. The molecule has 0 aliphatic carbocycles. The van der Waals surface area contributed by atoms with E-state index >= 15 is 0 Å². The first kappa shape index (κ1) is 21.8. The van der Waals surface area contributed by atoms with Crippen LogP contribution >= 0.6 is 11.3 Å². The maximum absolute atomic E-state index is 12.5. The number of aromatic nitrogens is 3. The average molecular weight is 452 g/mol. The molecular weight excluding hydrogens is 426 g/mol. The van der Waals surface area contributed by atoms with Crippen LogP contribution < -0.4 is 10.1 Å². The molecule has 0 saturated heterocycles. The van der Waals surface area contributed by atoms with Crippen molar-refractivity contribution in [2.45, 2.75) is 19.8 Å². The first-order chi connectivity index (χ1) is 15.4. The predicted octanol–water partition coefficient (Wildman–Crippen LogP) is 4.38. The molecule has 0 radical (unpaired) electrons. The third-order valence-electron chi connectivity index (χ3n) is 5.16. The van der Waals surface area contributed by atoms with Gasteiger partial charge in [-0.2, -0.15) is 0 Å². The zero-order valence-electron chi connectivity index (χ0n) is 18.5. The molecule has 0 bridgehead atoms. The average Bonchev–Trinajstić information content (AvgIpc) is 3.31. The van der Waals surface area contributed by atoms with Crippen molar-refractivity contribution in [3.8, 4) is 5.75 Å². The van der Waals surface area contributed by atoms with Crippen molar-refractivity contribution in [3.05, 3.63) is 42.0 Å². The van der Waals surface area contributed by atoms with Gasteiger partial charge in [-0.05, 0) is 43.3 Å². The van der Waals surface area contributed by atoms with Crippen molar-refractivity contribution < 1.29 is 14.3 Å². The van der Waals surface area contributed by atoms with E-state index in [-0.39, 0.29) is 24.5 Å². The van der Waals surface area contributed by atoms with Gasteiger partial charge in [0, 0.05) is 39.5 Å². The summed E-state index contributed by atoms with van der Waals surface area (Å²) in [5, 5.41) is 4.01. The van der Waals surface area contributed by atoms with Gasteiger partial charge in [-0.3, -0.25) is 9.59 Å². The molecule has 2 aromatic carbocycles. The van der Waals surface area contributed by atoms with Gasteiger partial charge in [0.25, 0.3) is 0 Å². The van der Waals surface area contributed by atoms with Crippen LogP contribution in [-0.4, -0.2) is 51.8 Å². The zero-order valence-corrected chi connectivity index (χ0v) is 19.3. The lowest BCUT2D eigenvalue weighted by molar-refractivity contribution is -0.128. The number of rotatable bonds is 8. The number of thiazole rings is 1. The van der Waals surface area contributed by atoms with Crippen molar-refractivity contribution in [1.29, 1.82) is 0 Å². The molecule has 0 aliphatic rings. The summed E-state index contributed by atoms with van der Waals surface area (Å²) >= 11 is 1.52. The number of hydrogen-bond donors (Lipinski definition) is 1. The number of benzene rings is 2. The highest BCUT2D eigenvalue weighted by atomic mass is 32.1. The van der Waals surface area contributed by atoms with E-state index in [4.69, 9.17) is 4.74 Å². The predicted molar refractivity (Wildman–Crippen MR) is 127 cm³/mol. The molecule has 2 heterocycles. The van der Waals surface area contributed by atoms with Crippen LogP contribution in [0.3, 0.4) is 0 Å². The minimum atomic E-state index is -0.0708. The lowest BCUT2D eigenvalue weighted by atomic mass is 10.1. The van der Waals surface area contributed by atoms with Gasteiger partial charge in [0.15, 0.2) is 10.9 Å². The van der Waals surface area contributed by atoms with E-state index in [1.807, 2.05) is 42.8 Å². The lowest BCUT2D eigenvalue weighted by Gasteiger charge is -2.09. The first-order valence-corrected chi connectivity index (χ1v) is 11.2. The molecule has 1 N–H and O–H groups in total. The topological polar surface area (TPSA) is 89.3 Å². The van der Waals surface area contributed by atoms with Crippen molar-refractivity contribution in [2.75, 3.05) is 26.0 Å². The van der Waals surface area contributed by atoms with E-state index in [1.165, 1.54) is 16.2 Å². The Morgan fingerprint density at radius 2 is 1.91 bits per heavy atom. The molecule has 0 atom stereocenters. The summed E-state index contributed by atoms with van der Waals surface area (Å²) in [5.74, 6) is 1.32. The standard InChI is InChI=1S/C23H25N5O3S/c1-5-31-15-7-8-16-20(13-15)32-23(25-16)26-22-24-17-12-14(6-9-18(17)28(22)4)19(29)10-11-21(30)27(2)3/h6-9,12-13H,5,10-11H2,1-4H3,(H,24,25,26). The molecule has 166 valence electrons. The van der Waals surface area contributed by atoms with Crippen LogP contribution in [-0.2, 0) is 11.8 Å². The third-order valence-corrected chi connectivity index (χ3v) is 6.09. The van der Waals surface area contributed by atoms with E-state index in [1.54, 1.807) is 26.2 Å². The van der Waals surface area contributed by atoms with Crippen molar-refractivity contribution in [1.82, 2.24) is 19.4 Å². The fraction of sp³-hybridized carbons (Fsp3) is 0.304. The van der Waals surface area contributed by atoms with E-state index < -0.39 is 0 Å². The quantitative estimate of drug-likeness (QED) is 0.400. The highest BCUT2D eigenvalue weighted by Crippen LogP contribution is 2.31. The summed E-state index contributed by atoms with van der Waals surface area (Å²) in [6.07, 6.45) is 0.372. The number of fused-ring (bicyclic) bond motifs is 2. The highest BCUT2D eigenvalue weighted by Gasteiger charge is 2.15. The number of carbonyl (C=O) groups is 2. The number of ether oxygens (including phenoxy) is 1. The van der Waals surface area contributed by atoms with E-state index in [0.717, 1.165) is 26.6 Å². The monoisotopic (exact) mass is 451 g/mol. The number of hydrogen-bond acceptors (Lipinski definition) is 7. The van der Waals surface area contributed by atoms with E-state index in [0.29, 0.717) is 23.6 Å². The minimum absolute atomic E-state index is 0.0621. The van der Waals surface area contributed by atoms with Gasteiger partial charge in [0.2, 0.25) is 11.9 Å². The van der Waals surface area contributed by atoms with Crippen LogP contribution in [0.4, 0.5) is 11.1 Å². The van der Waals surface area contributed by atoms with Crippen LogP contribution in [0.5, 0.6) is 5.75 Å². The Bertz CT molecular complexity index is 1310. The van der Waals surface area contributed by atoms with Crippen LogP contribution in [0.2, 0.25) is 0 Å². The second-order valence-electron chi connectivity index (χ2n) is 7.62. The fourth-order valence-corrected chi connectivity index (χ4v) is 4.27. The Morgan fingerprint density at radius 3 is 2.66 bits per heavy atom. The third kappa shape index (κ3) is 4.43. The summed E-state index contributed by atoms with van der Waals surface area (Å²) in [6, 6.07) is 11.3. The molecular formula is C23H25N5O3S. The van der Waals surface area contributed by atoms with Crippen molar-refractivity contribution in [3.63, 3.8) is 0 Å². The Kier molecular flexibility index (Phi) is 6.09. The van der Waals surface area contributed by atoms with Gasteiger partial charge >= 0.3 is 0 Å². The summed E-state index contributed by atoms with van der Waals surface area (Å²) in [6.45, 7) is 2.57. The maximum Gasteiger partial charge on any atom is 0.222 e. The van der Waals surface area contributed by atoms with Gasteiger partial charge < -0.3 is 19.5 Å². The Labute approximate surface area is 189 Å². The minimum Gasteiger partial charge on any atom is -0.494 e. The molecule has 1 amide bonds. The number of ketones is 1. The molecule has 2 aromatic heterocycles. The SMILES string of the molecule is CCOc1ccc2nc(Nc3nc4cc(C(=O)CCC(=O)N(C)C)ccc4n3C)sc2c1. The molecule has 32 heavy (non-hydrogen) atoms. The number of imidazole rings is 1. The number of aryl methyl sites for hydroxylation is 1. The first-order valence-electron chi connectivity index (χ1n) is 10.4. The van der Waals surface area contributed by atoms with E-state index in [2.05, 4.69) is 15.3 Å². The molecule has 0 fully saturated rings. The number of Topliss-reactive ketones (excluding diaryl/α,β-unsaturated/α-hetero) is 1. The molecule has 4 rings (SSSR count). The Hall–Kier alpha value is -3.46. The molecule has 8 nitrogen and oxygen atoms in total. The molecule has 0 spiro atoms. The van der Waals surface area contributed by atoms with Gasteiger partial charge in [-0.15, -0.1) is 0 Å². The summed E-state index contributed by atoms with van der Waals surface area (Å²) in [5.41, 5.74) is 3.05. The Morgan fingerprint density at radius 1 is 1.09 bits per heavy atom.